The van der Waals surface area contributed by atoms with Gasteiger partial charge in [-0.25, -0.2) is 0 Å². The predicted molar refractivity (Wildman–Crippen MR) is 32.8 cm³/mol. The maximum absolute atomic E-state index is 8.06. The van der Waals surface area contributed by atoms with Crippen LogP contribution in [0.3, 0.4) is 0 Å². The lowest BCUT2D eigenvalue weighted by atomic mass is 10.5. The smallest absolute Gasteiger partial charge is 0.0483 e. The molecule has 1 N–H and O–H groups in total. The summed E-state index contributed by atoms with van der Waals surface area (Å²) < 4.78 is 0. The summed E-state index contributed by atoms with van der Waals surface area (Å²) in [5.74, 6) is 0. The van der Waals surface area contributed by atoms with Crippen LogP contribution in [-0.2, 0) is 0 Å². The van der Waals surface area contributed by atoms with Crippen molar-refractivity contribution >= 4 is 24.0 Å². The Balaban J connectivity index is 0. The maximum Gasteiger partial charge on any atom is 0.0483 e. The Morgan fingerprint density at radius 3 is 1.40 bits per heavy atom. The third-order valence-electron chi connectivity index (χ3n) is 0. The minimum Gasteiger partial charge on any atom is -0.394 e. The minimum absolute atomic E-state index is 0. The molecule has 0 aliphatic rings. The summed E-state index contributed by atoms with van der Waals surface area (Å²) in [5.41, 5.74) is 0. The van der Waals surface area contributed by atoms with Gasteiger partial charge in [0.15, 0.2) is 0 Å². The van der Waals surface area contributed by atoms with Crippen molar-refractivity contribution in [3.8, 4) is 0 Å². The quantitative estimate of drug-likeness (QED) is 0.562. The number of rotatable bonds is 0. The van der Waals surface area contributed by atoms with Crippen LogP contribution in [0, 0.1) is 0 Å². The number of halogens is 1. The average molecular weight is 188 g/mol. The Morgan fingerprint density at radius 1 is 1.40 bits per heavy atom. The zero-order valence-electron chi connectivity index (χ0n) is 3.43. The zero-order chi connectivity index (χ0) is 3.58. The standard InChI is InChI=1S/C3H8O.HI/c1-3(2)4;/h3-4H,1-2H3;1H. The Kier molecular flexibility index (Phi) is 8.62. The molecule has 0 aromatic rings. The van der Waals surface area contributed by atoms with Crippen molar-refractivity contribution < 1.29 is 5.11 Å². The second-order valence-corrected chi connectivity index (χ2v) is 1.09. The van der Waals surface area contributed by atoms with E-state index in [1.54, 1.807) is 13.8 Å². The monoisotopic (exact) mass is 188 g/mol. The average Bonchev–Trinajstić information content (AvgIpc) is 0.811. The van der Waals surface area contributed by atoms with E-state index in [0.29, 0.717) is 0 Å². The highest BCUT2D eigenvalue weighted by Crippen LogP contribution is 1.65. The third-order valence-corrected chi connectivity index (χ3v) is 0. The van der Waals surface area contributed by atoms with E-state index in [4.69, 9.17) is 5.11 Å². The predicted octanol–water partition coefficient (Wildman–Crippen LogP) is 1.01. The van der Waals surface area contributed by atoms with Crippen molar-refractivity contribution in [2.45, 2.75) is 20.0 Å². The van der Waals surface area contributed by atoms with Crippen LogP contribution in [0.15, 0.2) is 0 Å². The lowest BCUT2D eigenvalue weighted by molar-refractivity contribution is 0.216. The molecule has 1 nitrogen and oxygen atoms in total. The van der Waals surface area contributed by atoms with E-state index in [0.717, 1.165) is 0 Å². The lowest BCUT2D eigenvalue weighted by Gasteiger charge is -1.80. The SMILES string of the molecule is CC(C)O.I. The zero-order valence-corrected chi connectivity index (χ0v) is 5.76. The van der Waals surface area contributed by atoms with Gasteiger partial charge in [0.1, 0.15) is 0 Å². The summed E-state index contributed by atoms with van der Waals surface area (Å²) in [4.78, 5) is 0. The molecule has 0 aromatic carbocycles. The Hall–Kier alpha value is 0.690. The van der Waals surface area contributed by atoms with Crippen molar-refractivity contribution in [1.29, 1.82) is 0 Å². The molecule has 0 unspecified atom stereocenters. The molecule has 0 saturated heterocycles. The topological polar surface area (TPSA) is 20.2 Å². The van der Waals surface area contributed by atoms with Crippen LogP contribution >= 0.6 is 24.0 Å². The molecule has 0 radical (unpaired) electrons. The molecule has 0 spiro atoms. The van der Waals surface area contributed by atoms with E-state index >= 15 is 0 Å². The molecule has 0 saturated carbocycles. The van der Waals surface area contributed by atoms with Crippen LogP contribution in [0.2, 0.25) is 0 Å². The maximum atomic E-state index is 8.06. The first-order valence-electron chi connectivity index (χ1n) is 1.41. The second kappa shape index (κ2) is 4.69. The molecule has 34 valence electrons. The van der Waals surface area contributed by atoms with Gasteiger partial charge in [-0.1, -0.05) is 0 Å². The normalized spacial score (nSPS) is 7.20. The fourth-order valence-electron chi connectivity index (χ4n) is 0. The summed E-state index contributed by atoms with van der Waals surface area (Å²) in [5, 5.41) is 8.06. The van der Waals surface area contributed by atoms with Gasteiger partial charge in [0.25, 0.3) is 0 Å². The lowest BCUT2D eigenvalue weighted by Crippen LogP contribution is -1.85. The van der Waals surface area contributed by atoms with Crippen molar-refractivity contribution in [2.75, 3.05) is 0 Å². The number of hydrogen-bond acceptors (Lipinski definition) is 1. The van der Waals surface area contributed by atoms with Gasteiger partial charge in [-0.2, -0.15) is 0 Å². The Labute approximate surface area is 49.4 Å². The molecule has 0 atom stereocenters. The molecule has 0 rings (SSSR count). The second-order valence-electron chi connectivity index (χ2n) is 1.09. The summed E-state index contributed by atoms with van der Waals surface area (Å²) in [7, 11) is 0. The van der Waals surface area contributed by atoms with Crippen molar-refractivity contribution in [3.63, 3.8) is 0 Å². The van der Waals surface area contributed by atoms with Gasteiger partial charge in [-0.3, -0.25) is 0 Å². The molecule has 0 amide bonds. The van der Waals surface area contributed by atoms with E-state index in [-0.39, 0.29) is 30.1 Å². The van der Waals surface area contributed by atoms with Gasteiger partial charge in [-0.15, -0.1) is 24.0 Å². The first kappa shape index (κ1) is 9.19. The Morgan fingerprint density at radius 2 is 1.40 bits per heavy atom. The van der Waals surface area contributed by atoms with Crippen LogP contribution in [0.4, 0.5) is 0 Å². The molecule has 0 aliphatic carbocycles. The molecular formula is C3H9IO. The number of hydrogen-bond donors (Lipinski definition) is 1. The largest absolute Gasteiger partial charge is 0.394 e. The first-order valence-corrected chi connectivity index (χ1v) is 1.41. The fourth-order valence-corrected chi connectivity index (χ4v) is 0. The molecule has 0 aliphatic heterocycles. The van der Waals surface area contributed by atoms with Crippen molar-refractivity contribution in [2.24, 2.45) is 0 Å². The number of aliphatic hydroxyl groups excluding tert-OH is 1. The van der Waals surface area contributed by atoms with Gasteiger partial charge < -0.3 is 5.11 Å². The molecule has 0 heterocycles. The van der Waals surface area contributed by atoms with E-state index in [1.807, 2.05) is 0 Å². The molecule has 2 heteroatoms. The summed E-state index contributed by atoms with van der Waals surface area (Å²) in [6.07, 6.45) is -0.167. The van der Waals surface area contributed by atoms with Crippen LogP contribution in [0.1, 0.15) is 13.8 Å². The van der Waals surface area contributed by atoms with Gasteiger partial charge in [0, 0.05) is 6.10 Å². The fraction of sp³-hybridized carbons (Fsp3) is 1.00. The van der Waals surface area contributed by atoms with E-state index in [2.05, 4.69) is 0 Å². The van der Waals surface area contributed by atoms with E-state index in [1.165, 1.54) is 0 Å². The number of aliphatic hydroxyl groups is 1. The molecule has 0 bridgehead atoms. The Bertz CT molecular complexity index is 11.6. The highest BCUT2D eigenvalue weighted by molar-refractivity contribution is 14.0. The summed E-state index contributed by atoms with van der Waals surface area (Å²) in [6, 6.07) is 0. The minimum atomic E-state index is -0.167. The third kappa shape index (κ3) is 71.3. The van der Waals surface area contributed by atoms with Crippen LogP contribution in [0.25, 0.3) is 0 Å². The van der Waals surface area contributed by atoms with Gasteiger partial charge >= 0.3 is 0 Å². The van der Waals surface area contributed by atoms with Crippen LogP contribution < -0.4 is 0 Å². The van der Waals surface area contributed by atoms with Crippen LogP contribution in [0.5, 0.6) is 0 Å². The molecule has 5 heavy (non-hydrogen) atoms. The van der Waals surface area contributed by atoms with Gasteiger partial charge in [0.05, 0.1) is 0 Å². The first-order chi connectivity index (χ1) is 1.73. The summed E-state index contributed by atoms with van der Waals surface area (Å²) in [6.45, 7) is 3.44. The molecular weight excluding hydrogens is 179 g/mol. The highest BCUT2D eigenvalue weighted by atomic mass is 127. The van der Waals surface area contributed by atoms with Crippen LogP contribution in [-0.4, -0.2) is 11.2 Å². The van der Waals surface area contributed by atoms with E-state index < -0.39 is 0 Å². The highest BCUT2D eigenvalue weighted by Gasteiger charge is 1.69. The summed E-state index contributed by atoms with van der Waals surface area (Å²) >= 11 is 0. The van der Waals surface area contributed by atoms with Gasteiger partial charge in [-0.05, 0) is 13.8 Å². The van der Waals surface area contributed by atoms with Crippen molar-refractivity contribution in [1.82, 2.24) is 0 Å². The van der Waals surface area contributed by atoms with E-state index in [9.17, 15) is 0 Å². The van der Waals surface area contributed by atoms with Crippen molar-refractivity contribution in [3.05, 3.63) is 0 Å². The molecule has 0 aromatic heterocycles. The van der Waals surface area contributed by atoms with Gasteiger partial charge in [0.2, 0.25) is 0 Å². The molecule has 0 fully saturated rings.